The highest BCUT2D eigenvalue weighted by atomic mass is 16.5. The Morgan fingerprint density at radius 1 is 1.05 bits per heavy atom. The van der Waals surface area contributed by atoms with Crippen LogP contribution < -0.4 is 0 Å². The quantitative estimate of drug-likeness (QED) is 0.252. The van der Waals surface area contributed by atoms with Gasteiger partial charge in [0.05, 0.1) is 24.7 Å². The molecule has 0 N–H and O–H groups in total. The number of ether oxygens (including phenoxy) is 1. The van der Waals surface area contributed by atoms with E-state index in [0.29, 0.717) is 17.8 Å². The lowest BCUT2D eigenvalue weighted by atomic mass is 9.87. The molecule has 2 saturated carbocycles. The van der Waals surface area contributed by atoms with Crippen LogP contribution in [0.15, 0.2) is 53.6 Å². The van der Waals surface area contributed by atoms with Gasteiger partial charge in [0.25, 0.3) is 0 Å². The number of hydrogen-bond acceptors (Lipinski definition) is 3. The number of rotatable bonds is 13. The van der Waals surface area contributed by atoms with Gasteiger partial charge in [-0.05, 0) is 91.4 Å². The Morgan fingerprint density at radius 3 is 2.68 bits per heavy atom. The fourth-order valence-corrected chi connectivity index (χ4v) is 7.00. The first-order valence-electron chi connectivity index (χ1n) is 14.9. The third kappa shape index (κ3) is 7.03. The Labute approximate surface area is 226 Å². The van der Waals surface area contributed by atoms with Gasteiger partial charge in [0.15, 0.2) is 0 Å². The molecule has 0 radical (unpaired) electrons. The van der Waals surface area contributed by atoms with Crippen LogP contribution in [-0.2, 0) is 11.2 Å². The van der Waals surface area contributed by atoms with E-state index in [4.69, 9.17) is 9.72 Å². The minimum Gasteiger partial charge on any atom is -0.497 e. The van der Waals surface area contributed by atoms with Gasteiger partial charge < -0.3 is 4.74 Å². The van der Waals surface area contributed by atoms with Crippen molar-refractivity contribution in [1.82, 2.24) is 9.97 Å². The normalized spacial score (nSPS) is 23.7. The molecular formula is C34H50N2O. The molecule has 202 valence electrons. The number of methoxy groups -OCH3 is 1. The summed E-state index contributed by atoms with van der Waals surface area (Å²) in [5, 5.41) is 0. The summed E-state index contributed by atoms with van der Waals surface area (Å²) in [5.74, 6) is 3.94. The van der Waals surface area contributed by atoms with Gasteiger partial charge in [0.2, 0.25) is 0 Å². The summed E-state index contributed by atoms with van der Waals surface area (Å²) < 4.78 is 5.94. The third-order valence-electron chi connectivity index (χ3n) is 9.06. The number of hydrogen-bond donors (Lipinski definition) is 0. The average Bonchev–Trinajstić information content (AvgIpc) is 3.55. The van der Waals surface area contributed by atoms with Crippen molar-refractivity contribution in [1.29, 1.82) is 0 Å². The molecule has 4 aliphatic rings. The summed E-state index contributed by atoms with van der Waals surface area (Å²) in [6.45, 7) is 2.29. The van der Waals surface area contributed by atoms with Crippen molar-refractivity contribution < 1.29 is 4.74 Å². The molecule has 0 bridgehead atoms. The summed E-state index contributed by atoms with van der Waals surface area (Å²) >= 11 is 0. The lowest BCUT2D eigenvalue weighted by Gasteiger charge is -2.21. The number of unbranched alkanes of at least 4 members (excludes halogenated alkanes) is 2. The highest BCUT2D eigenvalue weighted by molar-refractivity contribution is 5.72. The van der Waals surface area contributed by atoms with Crippen molar-refractivity contribution in [2.45, 2.75) is 111 Å². The number of fused-ring (bicyclic) bond motifs is 1. The Hall–Kier alpha value is -2.16. The standard InChI is InChI=1S/C33H46N2O.CH4/c1-3-12-26(25-16-7-5-8-17-25)19-27-22-34-23-32(35-27)31-21-33(36-2)28(29-20-30(29)31)18-9-4-6-13-24-14-10-11-15-24;/h7,16-17,21-24,26,29-30H,3-6,8-15,18-20H2,1-2H3;1H4. The lowest BCUT2D eigenvalue weighted by Crippen LogP contribution is -2.11. The van der Waals surface area contributed by atoms with Crippen LogP contribution in [0.5, 0.6) is 0 Å². The molecule has 4 aliphatic carbocycles. The van der Waals surface area contributed by atoms with Crippen LogP contribution in [0.3, 0.4) is 0 Å². The van der Waals surface area contributed by atoms with E-state index in [1.54, 1.807) is 5.57 Å². The van der Waals surface area contributed by atoms with E-state index in [9.17, 15) is 0 Å². The fraction of sp³-hybridized carbons (Fsp3) is 0.647. The third-order valence-corrected chi connectivity index (χ3v) is 9.06. The van der Waals surface area contributed by atoms with Crippen molar-refractivity contribution in [3.8, 4) is 0 Å². The zero-order valence-corrected chi connectivity index (χ0v) is 22.7. The second kappa shape index (κ2) is 13.6. The SMILES string of the molecule is C.CCCC(Cc1cncc(C2=CC(OC)=C(CCCCCC3CCCC3)C3CC23)n1)C1=CCCC=C1. The van der Waals surface area contributed by atoms with Crippen LogP contribution in [0, 0.1) is 23.7 Å². The smallest absolute Gasteiger partial charge is 0.118 e. The zero-order chi connectivity index (χ0) is 24.7. The molecule has 3 nitrogen and oxygen atoms in total. The predicted octanol–water partition coefficient (Wildman–Crippen LogP) is 9.42. The van der Waals surface area contributed by atoms with Gasteiger partial charge in [-0.2, -0.15) is 0 Å². The van der Waals surface area contributed by atoms with E-state index in [2.05, 4.69) is 36.2 Å². The van der Waals surface area contributed by atoms with Crippen LogP contribution in [0.1, 0.15) is 116 Å². The molecule has 2 fully saturated rings. The number of allylic oxidation sites excluding steroid dienone is 7. The molecule has 1 aromatic rings. The molecular weight excluding hydrogens is 452 g/mol. The molecule has 0 aliphatic heterocycles. The first kappa shape index (κ1) is 27.9. The van der Waals surface area contributed by atoms with Crippen molar-refractivity contribution >= 4 is 5.57 Å². The summed E-state index contributed by atoms with van der Waals surface area (Å²) in [7, 11) is 1.84. The predicted molar refractivity (Wildman–Crippen MR) is 156 cm³/mol. The second-order valence-corrected chi connectivity index (χ2v) is 11.7. The first-order valence-corrected chi connectivity index (χ1v) is 14.9. The monoisotopic (exact) mass is 502 g/mol. The Bertz CT molecular complexity index is 1010. The first-order chi connectivity index (χ1) is 17.8. The molecule has 3 unspecified atom stereocenters. The van der Waals surface area contributed by atoms with Gasteiger partial charge in [-0.25, -0.2) is 4.98 Å². The molecule has 1 aromatic heterocycles. The molecule has 1 heterocycles. The average molecular weight is 503 g/mol. The molecule has 0 saturated heterocycles. The topological polar surface area (TPSA) is 35.0 Å². The summed E-state index contributed by atoms with van der Waals surface area (Å²) in [6.07, 6.45) is 32.9. The van der Waals surface area contributed by atoms with Crippen molar-refractivity contribution in [2.24, 2.45) is 23.7 Å². The summed E-state index contributed by atoms with van der Waals surface area (Å²) in [5.41, 5.74) is 6.59. The van der Waals surface area contributed by atoms with E-state index in [1.165, 1.54) is 101 Å². The van der Waals surface area contributed by atoms with Crippen LogP contribution in [0.2, 0.25) is 0 Å². The van der Waals surface area contributed by atoms with Crippen LogP contribution in [0.25, 0.3) is 5.57 Å². The second-order valence-electron chi connectivity index (χ2n) is 11.7. The lowest BCUT2D eigenvalue weighted by molar-refractivity contribution is 0.296. The van der Waals surface area contributed by atoms with Crippen molar-refractivity contribution in [3.05, 3.63) is 65.0 Å². The molecule has 3 heteroatoms. The fourth-order valence-electron chi connectivity index (χ4n) is 7.00. The Balaban J connectivity index is 0.00000320. The number of nitrogens with zero attached hydrogens (tertiary/aromatic N) is 2. The molecule has 0 spiro atoms. The molecule has 37 heavy (non-hydrogen) atoms. The van der Waals surface area contributed by atoms with Crippen molar-refractivity contribution in [2.75, 3.05) is 7.11 Å². The van der Waals surface area contributed by atoms with E-state index >= 15 is 0 Å². The van der Waals surface area contributed by atoms with Gasteiger partial charge in [0, 0.05) is 6.20 Å². The highest BCUT2D eigenvalue weighted by Gasteiger charge is 2.46. The largest absolute Gasteiger partial charge is 0.497 e. The molecule has 0 aromatic carbocycles. The Kier molecular flexibility index (Phi) is 10.2. The minimum atomic E-state index is 0. The maximum Gasteiger partial charge on any atom is 0.118 e. The van der Waals surface area contributed by atoms with Crippen LogP contribution in [0.4, 0.5) is 0 Å². The van der Waals surface area contributed by atoms with Gasteiger partial charge >= 0.3 is 0 Å². The Morgan fingerprint density at radius 2 is 1.92 bits per heavy atom. The maximum atomic E-state index is 5.94. The molecule has 5 rings (SSSR count). The van der Waals surface area contributed by atoms with E-state index in [1.807, 2.05) is 19.5 Å². The van der Waals surface area contributed by atoms with Gasteiger partial charge in [-0.3, -0.25) is 4.98 Å². The van der Waals surface area contributed by atoms with Gasteiger partial charge in [-0.15, -0.1) is 0 Å². The molecule has 3 atom stereocenters. The van der Waals surface area contributed by atoms with E-state index < -0.39 is 0 Å². The van der Waals surface area contributed by atoms with E-state index in [0.717, 1.165) is 29.5 Å². The maximum absolute atomic E-state index is 5.94. The summed E-state index contributed by atoms with van der Waals surface area (Å²) in [6, 6.07) is 0. The number of aromatic nitrogens is 2. The summed E-state index contributed by atoms with van der Waals surface area (Å²) in [4.78, 5) is 9.79. The van der Waals surface area contributed by atoms with Crippen LogP contribution in [-0.4, -0.2) is 17.1 Å². The zero-order valence-electron chi connectivity index (χ0n) is 22.7. The van der Waals surface area contributed by atoms with Crippen molar-refractivity contribution in [3.63, 3.8) is 0 Å². The minimum absolute atomic E-state index is 0. The highest BCUT2D eigenvalue weighted by Crippen LogP contribution is 2.56. The van der Waals surface area contributed by atoms with Gasteiger partial charge in [0.1, 0.15) is 5.76 Å². The van der Waals surface area contributed by atoms with Crippen LogP contribution >= 0.6 is 0 Å². The van der Waals surface area contributed by atoms with E-state index in [-0.39, 0.29) is 7.43 Å². The molecule has 0 amide bonds. The van der Waals surface area contributed by atoms with Gasteiger partial charge in [-0.1, -0.05) is 83.9 Å².